The maximum atomic E-state index is 12.9. The number of carbonyl (C=O) groups is 2. The van der Waals surface area contributed by atoms with E-state index in [0.717, 1.165) is 32.2 Å². The van der Waals surface area contributed by atoms with Crippen molar-refractivity contribution in [1.82, 2.24) is 15.5 Å². The van der Waals surface area contributed by atoms with Crippen LogP contribution in [0.15, 0.2) is 30.3 Å². The molecule has 2 amide bonds. The zero-order valence-electron chi connectivity index (χ0n) is 14.3. The minimum absolute atomic E-state index is 0.0212. The molecule has 4 atom stereocenters. The minimum Gasteiger partial charge on any atom is -0.378 e. The molecule has 0 spiro atoms. The molecule has 0 saturated carbocycles. The zero-order valence-corrected chi connectivity index (χ0v) is 14.3. The molecule has 1 unspecified atom stereocenters. The summed E-state index contributed by atoms with van der Waals surface area (Å²) in [6.07, 6.45) is 3.74. The van der Waals surface area contributed by atoms with Crippen molar-refractivity contribution < 1.29 is 14.3 Å². The Balaban J connectivity index is 1.38. The molecule has 3 fully saturated rings. The molecular weight excluding hydrogens is 318 g/mol. The van der Waals surface area contributed by atoms with Gasteiger partial charge in [0.25, 0.3) is 5.91 Å². The van der Waals surface area contributed by atoms with E-state index in [-0.39, 0.29) is 36.0 Å². The highest BCUT2D eigenvalue weighted by atomic mass is 16.5. The van der Waals surface area contributed by atoms with Crippen molar-refractivity contribution in [1.29, 1.82) is 0 Å². The first kappa shape index (κ1) is 16.5. The summed E-state index contributed by atoms with van der Waals surface area (Å²) in [5, 5.41) is 6.42. The second-order valence-corrected chi connectivity index (χ2v) is 7.22. The summed E-state index contributed by atoms with van der Waals surface area (Å²) in [5.41, 5.74) is 0.692. The fourth-order valence-corrected chi connectivity index (χ4v) is 4.42. The van der Waals surface area contributed by atoms with Crippen molar-refractivity contribution in [3.63, 3.8) is 0 Å². The number of benzene rings is 1. The molecule has 6 heteroatoms. The topological polar surface area (TPSA) is 70.7 Å². The Morgan fingerprint density at radius 1 is 1.12 bits per heavy atom. The number of hydrogen-bond acceptors (Lipinski definition) is 4. The van der Waals surface area contributed by atoms with E-state index in [1.54, 1.807) is 0 Å². The fraction of sp³-hybridized carbons (Fsp3) is 0.579. The molecule has 25 heavy (non-hydrogen) atoms. The van der Waals surface area contributed by atoms with Gasteiger partial charge in [-0.25, -0.2) is 0 Å². The largest absolute Gasteiger partial charge is 0.378 e. The van der Waals surface area contributed by atoms with Crippen molar-refractivity contribution in [3.8, 4) is 0 Å². The van der Waals surface area contributed by atoms with Gasteiger partial charge in [0, 0.05) is 30.2 Å². The molecule has 0 radical (unpaired) electrons. The number of nitrogens with one attached hydrogen (secondary N) is 2. The molecule has 1 aromatic carbocycles. The van der Waals surface area contributed by atoms with Crippen molar-refractivity contribution in [2.45, 2.75) is 49.9 Å². The van der Waals surface area contributed by atoms with E-state index >= 15 is 0 Å². The summed E-state index contributed by atoms with van der Waals surface area (Å²) in [6, 6.07) is 9.71. The molecule has 3 aliphatic rings. The summed E-state index contributed by atoms with van der Waals surface area (Å²) in [6.45, 7) is 1.86. The van der Waals surface area contributed by atoms with Crippen molar-refractivity contribution in [2.75, 3.05) is 19.8 Å². The first-order chi connectivity index (χ1) is 12.2. The third kappa shape index (κ3) is 3.41. The van der Waals surface area contributed by atoms with Gasteiger partial charge >= 0.3 is 0 Å². The van der Waals surface area contributed by atoms with Crippen LogP contribution in [0.1, 0.15) is 36.0 Å². The highest BCUT2D eigenvalue weighted by Gasteiger charge is 2.45. The Morgan fingerprint density at radius 3 is 2.48 bits per heavy atom. The number of nitrogens with zero attached hydrogens (tertiary/aromatic N) is 1. The maximum absolute atomic E-state index is 12.9. The fourth-order valence-electron chi connectivity index (χ4n) is 4.42. The number of ether oxygens (including phenoxy) is 1. The number of rotatable bonds is 3. The van der Waals surface area contributed by atoms with Gasteiger partial charge in [0.2, 0.25) is 5.91 Å². The molecule has 0 aliphatic carbocycles. The lowest BCUT2D eigenvalue weighted by molar-refractivity contribution is -0.141. The first-order valence-electron chi connectivity index (χ1n) is 9.21. The SMILES string of the molecule is O=C(NC1C[C@H]2CC[C@@H](C1)N2C(=O)[C@@H]1COCCN1)c1ccccc1. The molecular formula is C19H25N3O3. The van der Waals surface area contributed by atoms with Gasteiger partial charge in [0.1, 0.15) is 6.04 Å². The smallest absolute Gasteiger partial charge is 0.251 e. The number of hydrogen-bond donors (Lipinski definition) is 2. The Labute approximate surface area is 147 Å². The minimum atomic E-state index is -0.215. The van der Waals surface area contributed by atoms with Crippen LogP contribution >= 0.6 is 0 Å². The Hall–Kier alpha value is -1.92. The molecule has 3 saturated heterocycles. The molecule has 2 bridgehead atoms. The summed E-state index contributed by atoms with van der Waals surface area (Å²) in [4.78, 5) is 27.3. The predicted octanol–water partition coefficient (Wildman–Crippen LogP) is 0.927. The molecule has 4 rings (SSSR count). The third-order valence-corrected chi connectivity index (χ3v) is 5.58. The van der Waals surface area contributed by atoms with Crippen LogP contribution in [-0.2, 0) is 9.53 Å². The quantitative estimate of drug-likeness (QED) is 0.856. The lowest BCUT2D eigenvalue weighted by Gasteiger charge is -2.41. The Kier molecular flexibility index (Phi) is 4.72. The van der Waals surface area contributed by atoms with E-state index in [4.69, 9.17) is 4.74 Å². The highest BCUT2D eigenvalue weighted by molar-refractivity contribution is 5.94. The van der Waals surface area contributed by atoms with Crippen LogP contribution in [-0.4, -0.2) is 60.6 Å². The number of piperidine rings is 1. The molecule has 6 nitrogen and oxygen atoms in total. The van der Waals surface area contributed by atoms with Crippen molar-refractivity contribution in [3.05, 3.63) is 35.9 Å². The van der Waals surface area contributed by atoms with E-state index in [0.29, 0.717) is 18.8 Å². The van der Waals surface area contributed by atoms with E-state index < -0.39 is 0 Å². The van der Waals surface area contributed by atoms with Crippen LogP contribution in [0.5, 0.6) is 0 Å². The monoisotopic (exact) mass is 343 g/mol. The zero-order chi connectivity index (χ0) is 17.2. The van der Waals surface area contributed by atoms with Crippen molar-refractivity contribution in [2.24, 2.45) is 0 Å². The number of fused-ring (bicyclic) bond motifs is 2. The van der Waals surface area contributed by atoms with Crippen LogP contribution in [0.2, 0.25) is 0 Å². The van der Waals surface area contributed by atoms with Crippen molar-refractivity contribution >= 4 is 11.8 Å². The van der Waals surface area contributed by atoms with Gasteiger partial charge in [0.15, 0.2) is 0 Å². The van der Waals surface area contributed by atoms with Crippen LogP contribution in [0.4, 0.5) is 0 Å². The van der Waals surface area contributed by atoms with E-state index in [1.165, 1.54) is 0 Å². The number of amides is 2. The molecule has 0 aromatic heterocycles. The standard InChI is InChI=1S/C19H25N3O3/c23-18(13-4-2-1-3-5-13)21-14-10-15-6-7-16(11-14)22(15)19(24)17-12-25-9-8-20-17/h1-5,14-17,20H,6-12H2,(H,21,23)/t14?,15-,16+,17-/m0/s1. The summed E-state index contributed by atoms with van der Waals surface area (Å²) >= 11 is 0. The average molecular weight is 343 g/mol. The van der Waals surface area contributed by atoms with Gasteiger partial charge in [-0.15, -0.1) is 0 Å². The van der Waals surface area contributed by atoms with Crippen LogP contribution in [0.3, 0.4) is 0 Å². The lowest BCUT2D eigenvalue weighted by atomic mass is 9.96. The predicted molar refractivity (Wildman–Crippen MR) is 93.2 cm³/mol. The summed E-state index contributed by atoms with van der Waals surface area (Å²) < 4.78 is 5.44. The molecule has 134 valence electrons. The highest BCUT2D eigenvalue weighted by Crippen LogP contribution is 2.36. The Bertz CT molecular complexity index is 616. The number of carbonyl (C=O) groups excluding carboxylic acids is 2. The normalized spacial score (nSPS) is 31.6. The molecule has 3 aliphatic heterocycles. The van der Waals surface area contributed by atoms with Crippen LogP contribution in [0, 0.1) is 0 Å². The molecule has 1 aromatic rings. The van der Waals surface area contributed by atoms with Gasteiger partial charge in [-0.2, -0.15) is 0 Å². The first-order valence-corrected chi connectivity index (χ1v) is 9.21. The second-order valence-electron chi connectivity index (χ2n) is 7.22. The van der Waals surface area contributed by atoms with Gasteiger partial charge < -0.3 is 20.3 Å². The van der Waals surface area contributed by atoms with E-state index in [2.05, 4.69) is 15.5 Å². The summed E-state index contributed by atoms with van der Waals surface area (Å²) in [5.74, 6) is 0.146. The van der Waals surface area contributed by atoms with Gasteiger partial charge in [0.05, 0.1) is 13.2 Å². The van der Waals surface area contributed by atoms with Gasteiger partial charge in [-0.1, -0.05) is 18.2 Å². The number of morpholine rings is 1. The summed E-state index contributed by atoms with van der Waals surface area (Å²) in [7, 11) is 0. The van der Waals surface area contributed by atoms with Gasteiger partial charge in [-0.3, -0.25) is 9.59 Å². The van der Waals surface area contributed by atoms with E-state index in [9.17, 15) is 9.59 Å². The van der Waals surface area contributed by atoms with Crippen LogP contribution in [0.25, 0.3) is 0 Å². The van der Waals surface area contributed by atoms with Crippen LogP contribution < -0.4 is 10.6 Å². The third-order valence-electron chi connectivity index (χ3n) is 5.58. The van der Waals surface area contributed by atoms with E-state index in [1.807, 2.05) is 30.3 Å². The Morgan fingerprint density at radius 2 is 1.84 bits per heavy atom. The molecule has 2 N–H and O–H groups in total. The lowest BCUT2D eigenvalue weighted by Crippen LogP contribution is -2.59. The maximum Gasteiger partial charge on any atom is 0.251 e. The second kappa shape index (κ2) is 7.14. The average Bonchev–Trinajstić information content (AvgIpc) is 2.93. The van der Waals surface area contributed by atoms with Gasteiger partial charge in [-0.05, 0) is 37.8 Å². The molecule has 3 heterocycles.